The molecule has 0 radical (unpaired) electrons. The number of hydrogen-bond donors (Lipinski definition) is 2. The van der Waals surface area contributed by atoms with Crippen LogP contribution in [0.15, 0.2) is 90.0 Å². The van der Waals surface area contributed by atoms with Crippen LogP contribution in [0.1, 0.15) is 33.7 Å². The van der Waals surface area contributed by atoms with Gasteiger partial charge in [0, 0.05) is 41.4 Å². The number of sulfonamides is 1. The van der Waals surface area contributed by atoms with E-state index < -0.39 is 26.6 Å². The van der Waals surface area contributed by atoms with Crippen LogP contribution in [0.3, 0.4) is 0 Å². The number of aromatic nitrogens is 1. The summed E-state index contributed by atoms with van der Waals surface area (Å²) in [7, 11) is -3.97. The molecule has 0 aliphatic heterocycles. The summed E-state index contributed by atoms with van der Waals surface area (Å²) in [5.74, 6) is -0.798. The number of nitrogens with two attached hydrogens (primary N) is 1. The quantitative estimate of drug-likeness (QED) is 0.167. The number of primary sulfonamides is 1. The van der Waals surface area contributed by atoms with Crippen LogP contribution in [0.4, 0.5) is 11.5 Å². The first kappa shape index (κ1) is 29.1. The van der Waals surface area contributed by atoms with E-state index in [-0.39, 0.29) is 46.9 Å². The fourth-order valence-corrected chi connectivity index (χ4v) is 4.63. The molecule has 200 valence electrons. The first-order chi connectivity index (χ1) is 18.0. The predicted octanol–water partition coefficient (Wildman–Crippen LogP) is 5.27. The summed E-state index contributed by atoms with van der Waals surface area (Å²) in [5, 5.41) is 19.6. The Morgan fingerprint density at radius 2 is 1.69 bits per heavy atom. The van der Waals surface area contributed by atoms with Crippen LogP contribution < -0.4 is 10.5 Å². The molecule has 0 aliphatic rings. The second kappa shape index (κ2) is 11.9. The highest BCUT2D eigenvalue weighted by Gasteiger charge is 2.20. The molecule has 1 heterocycles. The monoisotopic (exact) mass is 566 g/mol. The molecular weight excluding hydrogens is 544 g/mol. The lowest BCUT2D eigenvalue weighted by molar-refractivity contribution is -0.384. The van der Waals surface area contributed by atoms with Crippen molar-refractivity contribution in [2.75, 3.05) is 5.32 Å². The third kappa shape index (κ3) is 6.90. The number of Topliss-reactive ketones (excluding diaryl/α,β-unsaturated/α-hetero) is 1. The summed E-state index contributed by atoms with van der Waals surface area (Å²) in [5.41, 5.74) is 1.11. The van der Waals surface area contributed by atoms with E-state index >= 15 is 0 Å². The van der Waals surface area contributed by atoms with Crippen LogP contribution in [0.2, 0.25) is 5.02 Å². The van der Waals surface area contributed by atoms with Gasteiger partial charge in [-0.05, 0) is 35.4 Å². The minimum atomic E-state index is -3.97. The Hall–Kier alpha value is -4.45. The Morgan fingerprint density at radius 1 is 1.00 bits per heavy atom. The SMILES string of the molecule is C.NS(=O)(=O)c1ccccc1-c1ccc(C(=O)Cc2cc([N+](=O)[O-])ccc2C(=O)Nc2ccc(Cl)cn2)cc1. The third-order valence-corrected chi connectivity index (χ3v) is 6.77. The van der Waals surface area contributed by atoms with Crippen LogP contribution in [-0.2, 0) is 16.4 Å². The van der Waals surface area contributed by atoms with E-state index in [0.29, 0.717) is 16.1 Å². The van der Waals surface area contributed by atoms with Gasteiger partial charge in [-0.15, -0.1) is 0 Å². The minimum Gasteiger partial charge on any atom is -0.307 e. The molecular formula is C27H23ClN4O6S. The van der Waals surface area contributed by atoms with Gasteiger partial charge >= 0.3 is 0 Å². The first-order valence-electron chi connectivity index (χ1n) is 11.0. The lowest BCUT2D eigenvalue weighted by Gasteiger charge is -2.11. The number of nitrogens with zero attached hydrogens (tertiary/aromatic N) is 2. The Kier molecular flexibility index (Phi) is 8.92. The van der Waals surface area contributed by atoms with Crippen molar-refractivity contribution >= 4 is 44.8 Å². The Bertz CT molecular complexity index is 1660. The number of benzene rings is 3. The molecule has 0 atom stereocenters. The molecule has 3 N–H and O–H groups in total. The molecule has 12 heteroatoms. The smallest absolute Gasteiger partial charge is 0.269 e. The van der Waals surface area contributed by atoms with Gasteiger partial charge in [-0.2, -0.15) is 0 Å². The largest absolute Gasteiger partial charge is 0.307 e. The van der Waals surface area contributed by atoms with Gasteiger partial charge in [-0.1, -0.05) is 61.5 Å². The van der Waals surface area contributed by atoms with Crippen molar-refractivity contribution in [3.8, 4) is 11.1 Å². The summed E-state index contributed by atoms with van der Waals surface area (Å²) < 4.78 is 23.9. The number of nitrogens with one attached hydrogen (secondary N) is 1. The van der Waals surface area contributed by atoms with Gasteiger partial charge in [0.1, 0.15) is 5.82 Å². The van der Waals surface area contributed by atoms with Crippen molar-refractivity contribution in [2.45, 2.75) is 18.7 Å². The topological polar surface area (TPSA) is 162 Å². The summed E-state index contributed by atoms with van der Waals surface area (Å²) in [6, 6.07) is 19.0. The van der Waals surface area contributed by atoms with Gasteiger partial charge in [-0.25, -0.2) is 18.5 Å². The van der Waals surface area contributed by atoms with Crippen LogP contribution >= 0.6 is 11.6 Å². The highest BCUT2D eigenvalue weighted by molar-refractivity contribution is 7.89. The summed E-state index contributed by atoms with van der Waals surface area (Å²) >= 11 is 5.82. The van der Waals surface area contributed by atoms with Crippen molar-refractivity contribution in [1.29, 1.82) is 0 Å². The number of nitro groups is 1. The summed E-state index contributed by atoms with van der Waals surface area (Å²) in [6.07, 6.45) is 1.05. The number of rotatable bonds is 8. The van der Waals surface area contributed by atoms with Crippen molar-refractivity contribution in [2.24, 2.45) is 5.14 Å². The number of non-ortho nitro benzene ring substituents is 1. The van der Waals surface area contributed by atoms with Gasteiger partial charge in [0.2, 0.25) is 10.0 Å². The number of amides is 1. The highest BCUT2D eigenvalue weighted by Crippen LogP contribution is 2.27. The summed E-state index contributed by atoms with van der Waals surface area (Å²) in [4.78, 5) is 40.7. The van der Waals surface area contributed by atoms with E-state index in [4.69, 9.17) is 16.7 Å². The zero-order chi connectivity index (χ0) is 27.4. The van der Waals surface area contributed by atoms with Crippen LogP contribution in [0.5, 0.6) is 0 Å². The Labute approximate surface area is 229 Å². The lowest BCUT2D eigenvalue weighted by Crippen LogP contribution is -2.17. The first-order valence-corrected chi connectivity index (χ1v) is 12.9. The number of nitro benzene ring substituents is 1. The molecule has 1 amide bonds. The molecule has 39 heavy (non-hydrogen) atoms. The zero-order valence-electron chi connectivity index (χ0n) is 19.5. The molecule has 3 aromatic carbocycles. The van der Waals surface area contributed by atoms with Crippen molar-refractivity contribution in [1.82, 2.24) is 4.98 Å². The van der Waals surface area contributed by atoms with E-state index in [1.165, 1.54) is 54.7 Å². The van der Waals surface area contributed by atoms with E-state index in [1.807, 2.05) is 0 Å². The molecule has 0 saturated carbocycles. The lowest BCUT2D eigenvalue weighted by atomic mass is 9.96. The highest BCUT2D eigenvalue weighted by atomic mass is 35.5. The van der Waals surface area contributed by atoms with E-state index in [1.54, 1.807) is 30.3 Å². The van der Waals surface area contributed by atoms with Crippen molar-refractivity contribution in [3.63, 3.8) is 0 Å². The number of pyridine rings is 1. The molecule has 0 aliphatic carbocycles. The molecule has 0 saturated heterocycles. The second-order valence-electron chi connectivity index (χ2n) is 8.13. The van der Waals surface area contributed by atoms with Gasteiger partial charge in [0.05, 0.1) is 14.8 Å². The van der Waals surface area contributed by atoms with E-state index in [0.717, 1.165) is 0 Å². The fourth-order valence-electron chi connectivity index (χ4n) is 3.76. The molecule has 4 aromatic rings. The number of carbonyl (C=O) groups is 2. The van der Waals surface area contributed by atoms with Crippen molar-refractivity contribution < 1.29 is 22.9 Å². The Morgan fingerprint density at radius 3 is 2.31 bits per heavy atom. The maximum absolute atomic E-state index is 13.1. The van der Waals surface area contributed by atoms with Gasteiger partial charge < -0.3 is 5.32 Å². The van der Waals surface area contributed by atoms with Crippen LogP contribution in [-0.4, -0.2) is 30.0 Å². The predicted molar refractivity (Wildman–Crippen MR) is 148 cm³/mol. The average Bonchev–Trinajstić information content (AvgIpc) is 2.89. The van der Waals surface area contributed by atoms with Crippen LogP contribution in [0.25, 0.3) is 11.1 Å². The van der Waals surface area contributed by atoms with Gasteiger partial charge in [-0.3, -0.25) is 19.7 Å². The fraction of sp³-hybridized carbons (Fsp3) is 0.0741. The van der Waals surface area contributed by atoms with Crippen LogP contribution in [0, 0.1) is 10.1 Å². The molecule has 10 nitrogen and oxygen atoms in total. The second-order valence-corrected chi connectivity index (χ2v) is 10.1. The number of hydrogen-bond acceptors (Lipinski definition) is 7. The molecule has 0 spiro atoms. The average molecular weight is 567 g/mol. The van der Waals surface area contributed by atoms with E-state index in [2.05, 4.69) is 10.3 Å². The van der Waals surface area contributed by atoms with E-state index in [9.17, 15) is 28.1 Å². The molecule has 4 rings (SSSR count). The third-order valence-electron chi connectivity index (χ3n) is 5.58. The van der Waals surface area contributed by atoms with Gasteiger partial charge in [0.15, 0.2) is 5.78 Å². The maximum atomic E-state index is 13.1. The summed E-state index contributed by atoms with van der Waals surface area (Å²) in [6.45, 7) is 0. The van der Waals surface area contributed by atoms with Crippen molar-refractivity contribution in [3.05, 3.63) is 117 Å². The number of halogens is 1. The zero-order valence-corrected chi connectivity index (χ0v) is 21.1. The normalized spacial score (nSPS) is 10.8. The molecule has 0 fully saturated rings. The minimum absolute atomic E-state index is 0. The van der Waals surface area contributed by atoms with Gasteiger partial charge in [0.25, 0.3) is 11.6 Å². The molecule has 0 bridgehead atoms. The Balaban J connectivity index is 0.00000420. The molecule has 1 aromatic heterocycles. The standard InChI is InChI=1S/C26H19ClN4O6S.CH4/c27-19-9-12-25(29-15-19)30-26(33)22-11-10-20(31(34)35)13-18(22)14-23(32)17-7-5-16(6-8-17)21-3-1-2-4-24(21)38(28,36)37;/h1-13,15H,14H2,(H2,28,36,37)(H,29,30,33);1H4. The number of carbonyl (C=O) groups excluding carboxylic acids is 2. The molecule has 0 unspecified atom stereocenters. The number of ketones is 1. The number of anilines is 1. The maximum Gasteiger partial charge on any atom is 0.269 e.